The highest BCUT2D eigenvalue weighted by atomic mass is 35.5. The summed E-state index contributed by atoms with van der Waals surface area (Å²) in [6.07, 6.45) is 14.6. The number of hydrogen-bond acceptors (Lipinski definition) is 6. The number of aryl methyl sites for hydroxylation is 1. The Kier molecular flexibility index (Phi) is 8.53. The number of piperazine rings is 1. The number of carbonyl (C=O) groups is 1. The van der Waals surface area contributed by atoms with E-state index in [1.54, 1.807) is 4.90 Å². The van der Waals surface area contributed by atoms with E-state index in [-0.39, 0.29) is 36.0 Å². The van der Waals surface area contributed by atoms with Gasteiger partial charge in [0.25, 0.3) is 0 Å². The molecule has 4 heterocycles. The van der Waals surface area contributed by atoms with Gasteiger partial charge in [-0.05, 0) is 98.9 Å². The lowest BCUT2D eigenvalue weighted by Gasteiger charge is -2.45. The Hall–Kier alpha value is -3.85. The highest BCUT2D eigenvalue weighted by molar-refractivity contribution is 6.37. The molecule has 2 aliphatic carbocycles. The summed E-state index contributed by atoms with van der Waals surface area (Å²) in [4.78, 5) is 28.0. The Bertz CT molecular complexity index is 1630. The smallest absolute Gasteiger partial charge is 0.246 e. The van der Waals surface area contributed by atoms with Crippen LogP contribution in [-0.2, 0) is 22.4 Å². The van der Waals surface area contributed by atoms with E-state index in [1.165, 1.54) is 48.4 Å². The number of nitriles is 1. The molecule has 3 fully saturated rings. The van der Waals surface area contributed by atoms with E-state index < -0.39 is 0 Å². The van der Waals surface area contributed by atoms with Crippen LogP contribution in [0.3, 0.4) is 0 Å². The number of rotatable bonds is 6. The second-order valence-electron chi connectivity index (χ2n) is 13.5. The van der Waals surface area contributed by atoms with Crippen molar-refractivity contribution >= 4 is 29.0 Å². The third kappa shape index (κ3) is 5.36. The maximum atomic E-state index is 12.7. The van der Waals surface area contributed by atoms with Gasteiger partial charge in [-0.3, -0.25) is 9.69 Å². The number of ether oxygens (including phenoxy) is 1. The summed E-state index contributed by atoms with van der Waals surface area (Å²) in [5.41, 5.74) is 6.21. The van der Waals surface area contributed by atoms with E-state index in [0.29, 0.717) is 42.7 Å². The van der Waals surface area contributed by atoms with Gasteiger partial charge in [0, 0.05) is 36.3 Å². The van der Waals surface area contributed by atoms with E-state index in [4.69, 9.17) is 27.9 Å². The van der Waals surface area contributed by atoms with E-state index in [0.717, 1.165) is 50.0 Å². The molecule has 1 aromatic rings. The molecule has 3 saturated heterocycles. The minimum atomic E-state index is -0.319. The van der Waals surface area contributed by atoms with Crippen molar-refractivity contribution in [3.05, 3.63) is 87.4 Å². The summed E-state index contributed by atoms with van der Waals surface area (Å²) in [7, 11) is 0. The zero-order valence-electron chi connectivity index (χ0n) is 26.4. The molecule has 3 atom stereocenters. The van der Waals surface area contributed by atoms with Crippen LogP contribution in [0.15, 0.2) is 64.3 Å². The van der Waals surface area contributed by atoms with E-state index in [9.17, 15) is 10.1 Å². The number of benzene rings is 1. The summed E-state index contributed by atoms with van der Waals surface area (Å²) in [6.45, 7) is 15.5. The minimum absolute atomic E-state index is 0.0113. The quantitative estimate of drug-likeness (QED) is 0.304. The van der Waals surface area contributed by atoms with Crippen LogP contribution in [0.1, 0.15) is 55.2 Å². The van der Waals surface area contributed by atoms with Crippen molar-refractivity contribution in [2.75, 3.05) is 45.9 Å². The van der Waals surface area contributed by atoms with Crippen LogP contribution < -0.4 is 0 Å². The number of carbonyl (C=O) groups excluding carboxylic acids is 1. The molecule has 9 heteroatoms. The Balaban J connectivity index is 1.28. The number of amides is 1. The largest absolute Gasteiger partial charge is 0.475 e. The monoisotopic (exact) mass is 636 g/mol. The van der Waals surface area contributed by atoms with E-state index in [1.807, 2.05) is 0 Å². The lowest BCUT2D eigenvalue weighted by molar-refractivity contribution is -0.130. The zero-order valence-corrected chi connectivity index (χ0v) is 27.1. The first-order chi connectivity index (χ1) is 22.5. The second kappa shape index (κ2) is 12.7. The van der Waals surface area contributed by atoms with Gasteiger partial charge in [0.05, 0.1) is 11.6 Å². The molecule has 0 N–H and O–H groups in total. The third-order valence-electron chi connectivity index (χ3n) is 11.0. The molecule has 0 saturated carbocycles. The SMILES string of the molecule is [C-]#[N+]C[C@H]1CN(C2=C(C#N)C(OCC34CCCN3CCC4)=NC3C=C(c4cccc5c4CCCC5)C(Cl)=CC23)CCN1C(=O)C=C. The van der Waals surface area contributed by atoms with Crippen molar-refractivity contribution in [2.45, 2.75) is 69.0 Å². The summed E-state index contributed by atoms with van der Waals surface area (Å²) < 4.78 is 6.65. The first-order valence-electron chi connectivity index (χ1n) is 16.8. The Morgan fingerprint density at radius 1 is 1.17 bits per heavy atom. The molecular weight excluding hydrogens is 596 g/mol. The van der Waals surface area contributed by atoms with Crippen LogP contribution in [-0.4, -0.2) is 90.0 Å². The molecule has 0 aromatic heterocycles. The fourth-order valence-electron chi connectivity index (χ4n) is 8.78. The minimum Gasteiger partial charge on any atom is -0.475 e. The Morgan fingerprint density at radius 2 is 1.98 bits per heavy atom. The fraction of sp³-hybridized carbons (Fsp3) is 0.514. The molecule has 1 aromatic carbocycles. The lowest BCUT2D eigenvalue weighted by atomic mass is 9.80. The molecule has 46 heavy (non-hydrogen) atoms. The summed E-state index contributed by atoms with van der Waals surface area (Å²) in [6, 6.07) is 8.39. The van der Waals surface area contributed by atoms with Crippen LogP contribution >= 0.6 is 11.6 Å². The number of allylic oxidation sites excluding steroid dienone is 2. The van der Waals surface area contributed by atoms with Crippen molar-refractivity contribution in [2.24, 2.45) is 10.9 Å². The molecule has 8 nitrogen and oxygen atoms in total. The molecule has 6 aliphatic rings. The average Bonchev–Trinajstić information content (AvgIpc) is 3.67. The van der Waals surface area contributed by atoms with Crippen molar-refractivity contribution < 1.29 is 9.53 Å². The molecule has 0 spiro atoms. The van der Waals surface area contributed by atoms with Gasteiger partial charge in [-0.1, -0.05) is 42.5 Å². The average molecular weight is 637 g/mol. The molecule has 4 aliphatic heterocycles. The second-order valence-corrected chi connectivity index (χ2v) is 13.9. The summed E-state index contributed by atoms with van der Waals surface area (Å²) >= 11 is 7.16. The highest BCUT2D eigenvalue weighted by Crippen LogP contribution is 2.44. The first-order valence-corrected chi connectivity index (χ1v) is 17.2. The molecule has 238 valence electrons. The van der Waals surface area contributed by atoms with Gasteiger partial charge >= 0.3 is 0 Å². The summed E-state index contributed by atoms with van der Waals surface area (Å²) in [5, 5.41) is 11.4. The van der Waals surface area contributed by atoms with Crippen LogP contribution in [0.5, 0.6) is 0 Å². The van der Waals surface area contributed by atoms with Gasteiger partial charge in [0.15, 0.2) is 0 Å². The zero-order chi connectivity index (χ0) is 31.8. The molecule has 0 radical (unpaired) electrons. The lowest BCUT2D eigenvalue weighted by Crippen LogP contribution is -2.57. The van der Waals surface area contributed by atoms with Gasteiger partial charge < -0.3 is 19.4 Å². The Labute approximate surface area is 277 Å². The number of fused-ring (bicyclic) bond motifs is 3. The normalized spacial score (nSPS) is 26.9. The maximum absolute atomic E-state index is 12.7. The third-order valence-corrected chi connectivity index (χ3v) is 11.3. The van der Waals surface area contributed by atoms with Crippen molar-refractivity contribution in [1.29, 1.82) is 5.26 Å². The van der Waals surface area contributed by atoms with Crippen molar-refractivity contribution in [3.63, 3.8) is 0 Å². The molecule has 0 bridgehead atoms. The van der Waals surface area contributed by atoms with Gasteiger partial charge in [0.2, 0.25) is 18.3 Å². The van der Waals surface area contributed by atoms with E-state index >= 15 is 0 Å². The van der Waals surface area contributed by atoms with E-state index in [2.05, 4.69) is 57.6 Å². The topological polar surface area (TPSA) is 76.5 Å². The number of halogens is 1. The van der Waals surface area contributed by atoms with Crippen molar-refractivity contribution in [3.8, 4) is 6.07 Å². The van der Waals surface area contributed by atoms with Crippen LogP contribution in [0, 0.1) is 23.8 Å². The predicted molar refractivity (Wildman–Crippen MR) is 180 cm³/mol. The maximum Gasteiger partial charge on any atom is 0.246 e. The first kappa shape index (κ1) is 30.8. The molecule has 7 rings (SSSR count). The fourth-order valence-corrected chi connectivity index (χ4v) is 9.08. The van der Waals surface area contributed by atoms with Gasteiger partial charge in [-0.15, -0.1) is 0 Å². The molecule has 1 amide bonds. The number of dihydropyridines is 1. The van der Waals surface area contributed by atoms with Gasteiger partial charge in [0.1, 0.15) is 24.3 Å². The number of nitrogens with zero attached hydrogens (tertiary/aromatic N) is 6. The highest BCUT2D eigenvalue weighted by Gasteiger charge is 2.46. The van der Waals surface area contributed by atoms with Crippen LogP contribution in [0.2, 0.25) is 0 Å². The predicted octanol–water partition coefficient (Wildman–Crippen LogP) is 5.52. The summed E-state index contributed by atoms with van der Waals surface area (Å²) in [5.74, 6) is -0.0397. The van der Waals surface area contributed by atoms with Gasteiger partial charge in [-0.2, -0.15) is 5.26 Å². The van der Waals surface area contributed by atoms with Crippen LogP contribution in [0.25, 0.3) is 10.4 Å². The molecule has 2 unspecified atom stereocenters. The number of hydrogen-bond donors (Lipinski definition) is 0. The Morgan fingerprint density at radius 3 is 2.74 bits per heavy atom. The number of aliphatic imine (C=N–C) groups is 1. The van der Waals surface area contributed by atoms with Crippen molar-refractivity contribution in [1.82, 2.24) is 14.7 Å². The van der Waals surface area contributed by atoms with Crippen LogP contribution in [0.4, 0.5) is 0 Å². The van der Waals surface area contributed by atoms with Gasteiger partial charge in [-0.25, -0.2) is 11.6 Å². The standard InChI is InChI=1S/C37H41ClN6O2/c1-3-34(45)44-18-17-42(23-26(44)22-40-2)35-30-19-32(38)29(28-12-6-10-25-9-4-5-11-27(25)28)20-33(30)41-36(31(35)21-39)46-24-37-13-7-15-43(37)16-8-14-37/h3,6,10,12,19-20,26,30,33H,1,4-5,7-9,11,13-18,22-24H2/t26-,30?,33?/m0/s1. The molecular formula is C37H41ClN6O2.